The van der Waals surface area contributed by atoms with E-state index >= 15 is 0 Å². The fourth-order valence-electron chi connectivity index (χ4n) is 3.63. The number of alkyl carbamates (subject to hydrolysis) is 1. The van der Waals surface area contributed by atoms with Crippen LogP contribution in [0.4, 0.5) is 16.4 Å². The molecule has 10 nitrogen and oxygen atoms in total. The molecule has 10 heteroatoms. The summed E-state index contributed by atoms with van der Waals surface area (Å²) in [6.45, 7) is 2.04. The van der Waals surface area contributed by atoms with Crippen molar-refractivity contribution in [1.29, 1.82) is 0 Å². The van der Waals surface area contributed by atoms with Crippen molar-refractivity contribution in [3.63, 3.8) is 0 Å². The molecule has 5 N–H and O–H groups in total. The Balaban J connectivity index is 1.29. The molecular formula is C21H28N8O2. The normalized spacial score (nSPS) is 21.9. The molecule has 2 heterocycles. The number of nitrogens with zero attached hydrogens (tertiary/aromatic N) is 4. The molecule has 2 fully saturated rings. The highest BCUT2D eigenvalue weighted by Gasteiger charge is 2.40. The maximum absolute atomic E-state index is 12.0. The number of hydrogen-bond acceptors (Lipinski definition) is 8. The molecule has 2 aliphatic rings. The van der Waals surface area contributed by atoms with Gasteiger partial charge in [-0.15, -0.1) is 0 Å². The molecule has 0 spiro atoms. The predicted molar refractivity (Wildman–Crippen MR) is 117 cm³/mol. The van der Waals surface area contributed by atoms with Crippen molar-refractivity contribution in [3.05, 3.63) is 42.0 Å². The Bertz CT molecular complexity index is 941. The molecule has 2 unspecified atom stereocenters. The highest BCUT2D eigenvalue weighted by atomic mass is 16.6. The number of aromatic nitrogens is 3. The van der Waals surface area contributed by atoms with Crippen LogP contribution in [-0.4, -0.2) is 45.6 Å². The Morgan fingerprint density at radius 2 is 1.97 bits per heavy atom. The summed E-state index contributed by atoms with van der Waals surface area (Å²) >= 11 is 0. The van der Waals surface area contributed by atoms with E-state index in [4.69, 9.17) is 10.5 Å². The highest BCUT2D eigenvalue weighted by Crippen LogP contribution is 2.37. The van der Waals surface area contributed by atoms with Crippen LogP contribution in [0.2, 0.25) is 0 Å². The lowest BCUT2D eigenvalue weighted by Crippen LogP contribution is -2.36. The zero-order valence-electron chi connectivity index (χ0n) is 17.8. The Labute approximate surface area is 181 Å². The molecule has 2 aliphatic carbocycles. The van der Waals surface area contributed by atoms with Crippen molar-refractivity contribution >= 4 is 23.6 Å². The molecule has 4 rings (SSSR count). The number of anilines is 2. The maximum Gasteiger partial charge on any atom is 0.407 e. The number of amidine groups is 1. The number of carbonyl (C=O) groups excluding carboxylic acids is 1. The van der Waals surface area contributed by atoms with Crippen LogP contribution in [0.5, 0.6) is 0 Å². The molecular weight excluding hydrogens is 396 g/mol. The number of nitrogens with one attached hydrogen (secondary N) is 3. The van der Waals surface area contributed by atoms with E-state index in [0.29, 0.717) is 23.4 Å². The van der Waals surface area contributed by atoms with Gasteiger partial charge in [-0.1, -0.05) is 0 Å². The number of hydrazone groups is 1. The lowest BCUT2D eigenvalue weighted by atomic mass is 10.0. The summed E-state index contributed by atoms with van der Waals surface area (Å²) < 4.78 is 5.59. The summed E-state index contributed by atoms with van der Waals surface area (Å²) in [5, 5.41) is 9.97. The van der Waals surface area contributed by atoms with E-state index in [1.54, 1.807) is 19.3 Å². The first-order chi connectivity index (χ1) is 14.9. The molecule has 0 bridgehead atoms. The summed E-state index contributed by atoms with van der Waals surface area (Å²) in [6.07, 6.45) is 9.57. The van der Waals surface area contributed by atoms with Crippen molar-refractivity contribution < 1.29 is 9.53 Å². The van der Waals surface area contributed by atoms with Crippen LogP contribution < -0.4 is 21.8 Å². The van der Waals surface area contributed by atoms with Gasteiger partial charge in [0.1, 0.15) is 11.8 Å². The van der Waals surface area contributed by atoms with Gasteiger partial charge in [0.25, 0.3) is 0 Å². The van der Waals surface area contributed by atoms with E-state index in [1.165, 1.54) is 0 Å². The van der Waals surface area contributed by atoms with Crippen molar-refractivity contribution in [1.82, 2.24) is 25.7 Å². The van der Waals surface area contributed by atoms with Crippen LogP contribution >= 0.6 is 0 Å². The largest absolute Gasteiger partial charge is 0.446 e. The number of carbonyl (C=O) groups is 1. The molecule has 164 valence electrons. The molecule has 0 radical (unpaired) electrons. The van der Waals surface area contributed by atoms with Gasteiger partial charge in [0.15, 0.2) is 5.84 Å². The second-order valence-electron chi connectivity index (χ2n) is 8.34. The van der Waals surface area contributed by atoms with E-state index < -0.39 is 0 Å². The average Bonchev–Trinajstić information content (AvgIpc) is 3.29. The van der Waals surface area contributed by atoms with Gasteiger partial charge in [-0.3, -0.25) is 4.98 Å². The standard InChI is InChI=1S/C21H28N8O2/c1-21(7-8-21)28-20(30)31-16-5-3-13(9-16)14-10-25-19(26-11-14)27-15-4-6-17(24-12-15)18(22)29-23-2/h4,6,10-13,16,23H,3,5,7-9H2,1-2H3,(H2,22,29)(H,28,30)(H,25,26,27). The van der Waals surface area contributed by atoms with Gasteiger partial charge in [-0.2, -0.15) is 5.10 Å². The summed E-state index contributed by atoms with van der Waals surface area (Å²) in [5.41, 5.74) is 10.7. The van der Waals surface area contributed by atoms with E-state index in [9.17, 15) is 4.79 Å². The number of rotatable bonds is 7. The Morgan fingerprint density at radius 1 is 1.19 bits per heavy atom. The topological polar surface area (TPSA) is 139 Å². The van der Waals surface area contributed by atoms with E-state index in [0.717, 1.165) is 43.4 Å². The molecule has 1 amide bonds. The van der Waals surface area contributed by atoms with Gasteiger partial charge in [0.2, 0.25) is 5.95 Å². The monoisotopic (exact) mass is 424 g/mol. The lowest BCUT2D eigenvalue weighted by molar-refractivity contribution is 0.0967. The number of ether oxygens (including phenoxy) is 1. The Morgan fingerprint density at radius 3 is 2.61 bits per heavy atom. The fourth-order valence-corrected chi connectivity index (χ4v) is 3.63. The minimum atomic E-state index is -0.305. The van der Waals surface area contributed by atoms with Crippen LogP contribution in [0, 0.1) is 0 Å². The summed E-state index contributed by atoms with van der Waals surface area (Å²) in [7, 11) is 1.68. The molecule has 0 aliphatic heterocycles. The third kappa shape index (κ3) is 5.39. The number of hydrogen-bond donors (Lipinski definition) is 4. The third-order valence-corrected chi connectivity index (χ3v) is 5.72. The Hall–Kier alpha value is -3.43. The van der Waals surface area contributed by atoms with E-state index in [1.807, 2.05) is 25.4 Å². The zero-order valence-corrected chi connectivity index (χ0v) is 17.8. The second kappa shape index (κ2) is 8.75. The van der Waals surface area contributed by atoms with Gasteiger partial charge in [-0.05, 0) is 62.6 Å². The minimum absolute atomic E-state index is 0.0610. The molecule has 0 aromatic carbocycles. The molecule has 31 heavy (non-hydrogen) atoms. The smallest absolute Gasteiger partial charge is 0.407 e. The molecule has 2 saturated carbocycles. The van der Waals surface area contributed by atoms with Crippen LogP contribution in [0.15, 0.2) is 35.8 Å². The summed E-state index contributed by atoms with van der Waals surface area (Å²) in [6, 6.07) is 3.61. The molecule has 2 aromatic heterocycles. The average molecular weight is 425 g/mol. The number of pyridine rings is 1. The van der Waals surface area contributed by atoms with Gasteiger partial charge in [0, 0.05) is 25.0 Å². The first-order valence-corrected chi connectivity index (χ1v) is 10.5. The van der Waals surface area contributed by atoms with Crippen LogP contribution in [0.3, 0.4) is 0 Å². The maximum atomic E-state index is 12.0. The molecule has 2 atom stereocenters. The van der Waals surface area contributed by atoms with E-state index in [-0.39, 0.29) is 17.7 Å². The molecule has 0 saturated heterocycles. The predicted octanol–water partition coefficient (Wildman–Crippen LogP) is 2.37. The van der Waals surface area contributed by atoms with Gasteiger partial charge >= 0.3 is 6.09 Å². The van der Waals surface area contributed by atoms with Crippen molar-refractivity contribution in [3.8, 4) is 0 Å². The van der Waals surface area contributed by atoms with Crippen LogP contribution in [0.25, 0.3) is 0 Å². The van der Waals surface area contributed by atoms with E-state index in [2.05, 4.69) is 36.1 Å². The van der Waals surface area contributed by atoms with Gasteiger partial charge < -0.3 is 26.5 Å². The highest BCUT2D eigenvalue weighted by molar-refractivity contribution is 5.95. The third-order valence-electron chi connectivity index (χ3n) is 5.72. The summed E-state index contributed by atoms with van der Waals surface area (Å²) in [4.78, 5) is 25.1. The lowest BCUT2D eigenvalue weighted by Gasteiger charge is -2.16. The SMILES string of the molecule is CN/N=C(\N)c1ccc(Nc2ncc(C3CCC(OC(=O)NC4(C)CC4)C3)cn2)cn1. The number of nitrogens with two attached hydrogens (primary N) is 1. The second-order valence-corrected chi connectivity index (χ2v) is 8.34. The van der Waals surface area contributed by atoms with Crippen LogP contribution in [0.1, 0.15) is 56.2 Å². The van der Waals surface area contributed by atoms with Crippen LogP contribution in [-0.2, 0) is 4.74 Å². The first-order valence-electron chi connectivity index (χ1n) is 10.5. The quantitative estimate of drug-likeness (QED) is 0.302. The zero-order chi connectivity index (χ0) is 21.8. The summed E-state index contributed by atoms with van der Waals surface area (Å²) in [5.74, 6) is 1.09. The van der Waals surface area contributed by atoms with Crippen molar-refractivity contribution in [2.24, 2.45) is 10.8 Å². The van der Waals surface area contributed by atoms with Gasteiger partial charge in [0.05, 0.1) is 11.9 Å². The first kappa shape index (κ1) is 20.8. The van der Waals surface area contributed by atoms with Crippen molar-refractivity contribution in [2.75, 3.05) is 12.4 Å². The van der Waals surface area contributed by atoms with Gasteiger partial charge in [-0.25, -0.2) is 14.8 Å². The number of amides is 1. The molecule has 2 aromatic rings. The fraction of sp³-hybridized carbons (Fsp3) is 0.476. The Kier molecular flexibility index (Phi) is 5.88. The minimum Gasteiger partial charge on any atom is -0.446 e. The van der Waals surface area contributed by atoms with Crippen molar-refractivity contribution in [2.45, 2.75) is 56.6 Å².